The fraction of sp³-hybridized carbons (Fsp3) is 0.867. The fourth-order valence-electron chi connectivity index (χ4n) is 2.96. The van der Waals surface area contributed by atoms with Gasteiger partial charge in [0.1, 0.15) is 0 Å². The van der Waals surface area contributed by atoms with Crippen molar-refractivity contribution in [3.8, 4) is 0 Å². The molecule has 2 rings (SSSR count). The first kappa shape index (κ1) is 16.9. The van der Waals surface area contributed by atoms with Crippen molar-refractivity contribution in [2.75, 3.05) is 13.1 Å². The Morgan fingerprint density at radius 2 is 2.23 bits per heavy atom. The number of β-amino-alcohol motifs (C(OH)–C–C–N with tert-alkyl or cyclic N) is 1. The van der Waals surface area contributed by atoms with Crippen molar-refractivity contribution >= 4 is 5.91 Å². The van der Waals surface area contributed by atoms with Gasteiger partial charge >= 0.3 is 0 Å². The van der Waals surface area contributed by atoms with Gasteiger partial charge in [0.05, 0.1) is 5.60 Å². The number of tetrazole rings is 1. The number of piperidine rings is 1. The van der Waals surface area contributed by atoms with Gasteiger partial charge in [0.25, 0.3) is 0 Å². The molecule has 1 amide bonds. The van der Waals surface area contributed by atoms with E-state index >= 15 is 0 Å². The summed E-state index contributed by atoms with van der Waals surface area (Å²) in [4.78, 5) is 14.7. The molecule has 22 heavy (non-hydrogen) atoms. The number of aryl methyl sites for hydroxylation is 1. The van der Waals surface area contributed by atoms with Crippen LogP contribution < -0.4 is 0 Å². The summed E-state index contributed by atoms with van der Waals surface area (Å²) in [5.74, 6) is 0.860. The van der Waals surface area contributed by atoms with Gasteiger partial charge in [-0.2, -0.15) is 5.21 Å². The SMILES string of the molecule is CC(C)C1(O)CCCN(C(=O)C(C)(C)CCc2nn[nH]n2)C1. The van der Waals surface area contributed by atoms with Crippen molar-refractivity contribution in [3.63, 3.8) is 0 Å². The number of carbonyl (C=O) groups excluding carboxylic acids is 1. The zero-order valence-corrected chi connectivity index (χ0v) is 14.0. The Hall–Kier alpha value is -1.50. The summed E-state index contributed by atoms with van der Waals surface area (Å²) in [5.41, 5.74) is -1.27. The lowest BCUT2D eigenvalue weighted by Crippen LogP contribution is -2.55. The van der Waals surface area contributed by atoms with Crippen LogP contribution in [0.1, 0.15) is 52.8 Å². The van der Waals surface area contributed by atoms with E-state index < -0.39 is 11.0 Å². The molecule has 1 unspecified atom stereocenters. The van der Waals surface area contributed by atoms with E-state index in [1.54, 1.807) is 0 Å². The molecular weight excluding hydrogens is 282 g/mol. The summed E-state index contributed by atoms with van der Waals surface area (Å²) in [6.45, 7) is 9.05. The summed E-state index contributed by atoms with van der Waals surface area (Å²) in [6, 6.07) is 0. The number of aromatic nitrogens is 4. The highest BCUT2D eigenvalue weighted by atomic mass is 16.3. The third kappa shape index (κ3) is 3.63. The van der Waals surface area contributed by atoms with Gasteiger partial charge in [0.15, 0.2) is 5.82 Å². The van der Waals surface area contributed by atoms with Crippen LogP contribution in [-0.4, -0.2) is 55.2 Å². The van der Waals surface area contributed by atoms with E-state index in [4.69, 9.17) is 0 Å². The maximum atomic E-state index is 12.8. The summed E-state index contributed by atoms with van der Waals surface area (Å²) in [5, 5.41) is 24.5. The smallest absolute Gasteiger partial charge is 0.228 e. The van der Waals surface area contributed by atoms with Crippen LogP contribution in [0.3, 0.4) is 0 Å². The van der Waals surface area contributed by atoms with Crippen LogP contribution in [0, 0.1) is 11.3 Å². The van der Waals surface area contributed by atoms with Crippen LogP contribution in [0.5, 0.6) is 0 Å². The maximum absolute atomic E-state index is 12.8. The number of nitrogens with zero attached hydrogens (tertiary/aromatic N) is 4. The number of nitrogens with one attached hydrogen (secondary N) is 1. The van der Waals surface area contributed by atoms with E-state index in [2.05, 4.69) is 20.6 Å². The Bertz CT molecular complexity index is 500. The topological polar surface area (TPSA) is 95.0 Å². The van der Waals surface area contributed by atoms with Crippen molar-refractivity contribution in [1.82, 2.24) is 25.5 Å². The van der Waals surface area contributed by atoms with E-state index in [-0.39, 0.29) is 11.8 Å². The maximum Gasteiger partial charge on any atom is 0.228 e. The van der Waals surface area contributed by atoms with Crippen LogP contribution in [-0.2, 0) is 11.2 Å². The Morgan fingerprint density at radius 3 is 2.82 bits per heavy atom. The molecule has 2 N–H and O–H groups in total. The molecule has 2 heterocycles. The first-order valence-corrected chi connectivity index (χ1v) is 7.99. The highest BCUT2D eigenvalue weighted by molar-refractivity contribution is 5.82. The second kappa shape index (κ2) is 6.32. The summed E-state index contributed by atoms with van der Waals surface area (Å²) in [7, 11) is 0. The van der Waals surface area contributed by atoms with Crippen molar-refractivity contribution in [1.29, 1.82) is 0 Å². The molecule has 1 aromatic rings. The minimum absolute atomic E-state index is 0.0924. The van der Waals surface area contributed by atoms with Crippen molar-refractivity contribution in [2.45, 2.75) is 59.0 Å². The number of H-pyrrole nitrogens is 1. The minimum Gasteiger partial charge on any atom is -0.388 e. The highest BCUT2D eigenvalue weighted by Gasteiger charge is 2.41. The molecule has 7 heteroatoms. The Balaban J connectivity index is 1.99. The van der Waals surface area contributed by atoms with Crippen LogP contribution in [0.4, 0.5) is 0 Å². The average molecular weight is 309 g/mol. The first-order valence-electron chi connectivity index (χ1n) is 7.99. The van der Waals surface area contributed by atoms with Crippen molar-refractivity contribution < 1.29 is 9.90 Å². The van der Waals surface area contributed by atoms with Gasteiger partial charge < -0.3 is 10.0 Å². The van der Waals surface area contributed by atoms with Crippen LogP contribution in [0.25, 0.3) is 0 Å². The Labute approximate surface area is 131 Å². The molecule has 1 fully saturated rings. The van der Waals surface area contributed by atoms with E-state index in [9.17, 15) is 9.90 Å². The third-order valence-electron chi connectivity index (χ3n) is 4.81. The van der Waals surface area contributed by atoms with Crippen LogP contribution in [0.2, 0.25) is 0 Å². The van der Waals surface area contributed by atoms with Crippen LogP contribution >= 0.6 is 0 Å². The molecule has 0 aliphatic carbocycles. The molecule has 1 aromatic heterocycles. The number of aliphatic hydroxyl groups is 1. The zero-order chi connectivity index (χ0) is 16.4. The molecule has 0 aromatic carbocycles. The first-order chi connectivity index (χ1) is 10.2. The molecule has 124 valence electrons. The lowest BCUT2D eigenvalue weighted by atomic mass is 9.80. The highest BCUT2D eigenvalue weighted by Crippen LogP contribution is 2.32. The Morgan fingerprint density at radius 1 is 1.50 bits per heavy atom. The third-order valence-corrected chi connectivity index (χ3v) is 4.81. The molecular formula is C15H27N5O2. The number of hydrogen-bond donors (Lipinski definition) is 2. The second-order valence-electron chi connectivity index (χ2n) is 7.30. The predicted octanol–water partition coefficient (Wildman–Crippen LogP) is 1.17. The summed E-state index contributed by atoms with van der Waals surface area (Å²) in [6.07, 6.45) is 2.87. The monoisotopic (exact) mass is 309 g/mol. The van der Waals surface area contributed by atoms with E-state index in [1.807, 2.05) is 32.6 Å². The fourth-order valence-corrected chi connectivity index (χ4v) is 2.96. The van der Waals surface area contributed by atoms with E-state index in [0.717, 1.165) is 19.4 Å². The van der Waals surface area contributed by atoms with Crippen LogP contribution in [0.15, 0.2) is 0 Å². The molecule has 0 radical (unpaired) electrons. The summed E-state index contributed by atoms with van der Waals surface area (Å²) < 4.78 is 0. The van der Waals surface area contributed by atoms with Crippen molar-refractivity contribution in [3.05, 3.63) is 5.82 Å². The van der Waals surface area contributed by atoms with E-state index in [1.165, 1.54) is 0 Å². The molecule has 0 saturated carbocycles. The number of aromatic amines is 1. The van der Waals surface area contributed by atoms with Gasteiger partial charge in [-0.1, -0.05) is 32.9 Å². The average Bonchev–Trinajstić information content (AvgIpc) is 2.97. The molecule has 0 bridgehead atoms. The summed E-state index contributed by atoms with van der Waals surface area (Å²) >= 11 is 0. The molecule has 1 atom stereocenters. The quantitative estimate of drug-likeness (QED) is 0.851. The lowest BCUT2D eigenvalue weighted by molar-refractivity contribution is -0.150. The lowest BCUT2D eigenvalue weighted by Gasteiger charge is -2.44. The molecule has 1 aliphatic heterocycles. The molecule has 0 spiro atoms. The largest absolute Gasteiger partial charge is 0.388 e. The normalized spacial score (nSPS) is 23.1. The van der Waals surface area contributed by atoms with Crippen molar-refractivity contribution in [2.24, 2.45) is 11.3 Å². The standard InChI is InChI=1S/C15H27N5O2/c1-11(2)15(22)7-5-9-20(10-15)13(21)14(3,4)8-6-12-16-18-19-17-12/h11,22H,5-10H2,1-4H3,(H,16,17,18,19). The zero-order valence-electron chi connectivity index (χ0n) is 14.0. The Kier molecular flexibility index (Phi) is 4.84. The molecule has 1 aliphatic rings. The molecule has 1 saturated heterocycles. The number of hydrogen-bond acceptors (Lipinski definition) is 5. The van der Waals surface area contributed by atoms with Gasteiger partial charge in [-0.25, -0.2) is 0 Å². The van der Waals surface area contributed by atoms with Gasteiger partial charge in [0.2, 0.25) is 5.91 Å². The van der Waals surface area contributed by atoms with E-state index in [0.29, 0.717) is 25.2 Å². The second-order valence-corrected chi connectivity index (χ2v) is 7.30. The predicted molar refractivity (Wildman–Crippen MR) is 81.9 cm³/mol. The van der Waals surface area contributed by atoms with Gasteiger partial charge in [-0.3, -0.25) is 4.79 Å². The van der Waals surface area contributed by atoms with Gasteiger partial charge in [-0.15, -0.1) is 10.2 Å². The number of likely N-dealkylation sites (tertiary alicyclic amines) is 1. The number of carbonyl (C=O) groups is 1. The van der Waals surface area contributed by atoms with Gasteiger partial charge in [-0.05, 0) is 25.2 Å². The number of amides is 1. The minimum atomic E-state index is -0.766. The van der Waals surface area contributed by atoms with Gasteiger partial charge in [0, 0.05) is 24.9 Å². The molecule has 7 nitrogen and oxygen atoms in total. The number of rotatable bonds is 5.